The summed E-state index contributed by atoms with van der Waals surface area (Å²) in [6, 6.07) is 12.5. The molecule has 2 amide bonds. The number of hydrogen-bond acceptors (Lipinski definition) is 4. The highest BCUT2D eigenvalue weighted by atomic mass is 79.9. The fourth-order valence-corrected chi connectivity index (χ4v) is 4.72. The van der Waals surface area contributed by atoms with Crippen molar-refractivity contribution in [1.29, 1.82) is 0 Å². The molecule has 2 aromatic rings. The Kier molecular flexibility index (Phi) is 11.0. The lowest BCUT2D eigenvalue weighted by atomic mass is 10.1. The van der Waals surface area contributed by atoms with Gasteiger partial charge in [0.15, 0.2) is 5.11 Å². The van der Waals surface area contributed by atoms with Gasteiger partial charge in [-0.2, -0.15) is 0 Å². The Morgan fingerprint density at radius 2 is 1.77 bits per heavy atom. The first-order chi connectivity index (χ1) is 17.0. The minimum absolute atomic E-state index is 0.0154. The van der Waals surface area contributed by atoms with E-state index in [0.717, 1.165) is 51.6 Å². The summed E-state index contributed by atoms with van der Waals surface area (Å²) < 4.78 is 6.53. The number of halogens is 1. The van der Waals surface area contributed by atoms with Crippen LogP contribution in [0.3, 0.4) is 0 Å². The number of unbranched alkanes of at least 4 members (excludes halogenated alkanes) is 3. The fraction of sp³-hybridized carbons (Fsp3) is 0.444. The third-order valence-corrected chi connectivity index (χ3v) is 6.80. The van der Waals surface area contributed by atoms with Crippen molar-refractivity contribution in [3.05, 3.63) is 58.1 Å². The number of nitrogens with zero attached hydrogens (tertiary/aromatic N) is 1. The number of carbonyl (C=O) groups is 2. The van der Waals surface area contributed by atoms with E-state index in [1.807, 2.05) is 17.0 Å². The molecule has 0 unspecified atom stereocenters. The molecule has 0 saturated carbocycles. The van der Waals surface area contributed by atoms with Gasteiger partial charge >= 0.3 is 0 Å². The zero-order chi connectivity index (χ0) is 25.0. The molecule has 1 fully saturated rings. The van der Waals surface area contributed by atoms with Gasteiger partial charge in [0.25, 0.3) is 11.8 Å². The molecular formula is C27H34BrN3O3S. The number of para-hydroxylation sites is 1. The maximum atomic E-state index is 13.1. The first-order valence-corrected chi connectivity index (χ1v) is 13.6. The Morgan fingerprint density at radius 1 is 1.03 bits per heavy atom. The van der Waals surface area contributed by atoms with Crippen molar-refractivity contribution in [3.63, 3.8) is 0 Å². The number of anilines is 1. The van der Waals surface area contributed by atoms with Crippen molar-refractivity contribution in [3.8, 4) is 5.75 Å². The third-order valence-electron chi connectivity index (χ3n) is 5.98. The number of hydrogen-bond donors (Lipinski definition) is 2. The molecule has 0 spiro atoms. The van der Waals surface area contributed by atoms with Crippen molar-refractivity contribution in [2.45, 2.75) is 58.3 Å². The smallest absolute Gasteiger partial charge is 0.257 e. The second-order valence-electron chi connectivity index (χ2n) is 8.71. The van der Waals surface area contributed by atoms with Crippen LogP contribution in [0.5, 0.6) is 5.75 Å². The Balaban J connectivity index is 1.58. The molecule has 35 heavy (non-hydrogen) atoms. The topological polar surface area (TPSA) is 70.7 Å². The number of likely N-dealkylation sites (tertiary alicyclic amines) is 1. The molecule has 188 valence electrons. The minimum Gasteiger partial charge on any atom is -0.492 e. The monoisotopic (exact) mass is 559 g/mol. The molecule has 1 saturated heterocycles. The average Bonchev–Trinajstić information content (AvgIpc) is 3.14. The van der Waals surface area contributed by atoms with E-state index in [4.69, 9.17) is 17.0 Å². The Hall–Kier alpha value is -2.45. The lowest BCUT2D eigenvalue weighted by Gasteiger charge is -2.22. The van der Waals surface area contributed by atoms with Crippen LogP contribution in [-0.2, 0) is 0 Å². The Bertz CT molecular complexity index is 1020. The van der Waals surface area contributed by atoms with Crippen LogP contribution in [0.1, 0.15) is 79.0 Å². The van der Waals surface area contributed by atoms with Gasteiger partial charge in [0.1, 0.15) is 5.75 Å². The molecule has 0 aromatic heterocycles. The van der Waals surface area contributed by atoms with E-state index >= 15 is 0 Å². The van der Waals surface area contributed by atoms with Crippen LogP contribution in [0.25, 0.3) is 0 Å². The summed E-state index contributed by atoms with van der Waals surface area (Å²) in [5, 5.41) is 5.88. The van der Waals surface area contributed by atoms with Crippen LogP contribution in [0.15, 0.2) is 46.9 Å². The number of amides is 2. The predicted molar refractivity (Wildman–Crippen MR) is 148 cm³/mol. The molecule has 1 aliphatic rings. The van der Waals surface area contributed by atoms with E-state index in [1.165, 1.54) is 12.8 Å². The predicted octanol–water partition coefficient (Wildman–Crippen LogP) is 6.55. The molecular weight excluding hydrogens is 526 g/mol. The highest BCUT2D eigenvalue weighted by molar-refractivity contribution is 9.10. The van der Waals surface area contributed by atoms with Gasteiger partial charge in [0.2, 0.25) is 0 Å². The Morgan fingerprint density at radius 3 is 2.49 bits per heavy atom. The van der Waals surface area contributed by atoms with Crippen LogP contribution in [0.2, 0.25) is 0 Å². The molecule has 2 N–H and O–H groups in total. The minimum atomic E-state index is -0.339. The zero-order valence-corrected chi connectivity index (χ0v) is 22.7. The summed E-state index contributed by atoms with van der Waals surface area (Å²) in [5.74, 6) is 0.354. The first-order valence-electron chi connectivity index (χ1n) is 12.4. The number of rotatable bonds is 9. The van der Waals surface area contributed by atoms with Gasteiger partial charge in [-0.05, 0) is 77.7 Å². The van der Waals surface area contributed by atoms with Crippen LogP contribution in [0.4, 0.5) is 5.69 Å². The van der Waals surface area contributed by atoms with Crippen molar-refractivity contribution in [1.82, 2.24) is 10.2 Å². The number of thiocarbonyl (C=S) groups is 1. The maximum absolute atomic E-state index is 13.1. The van der Waals surface area contributed by atoms with E-state index in [9.17, 15) is 9.59 Å². The molecule has 0 bridgehead atoms. The summed E-state index contributed by atoms with van der Waals surface area (Å²) in [6.07, 6.45) is 8.89. The van der Waals surface area contributed by atoms with Crippen LogP contribution >= 0.6 is 28.1 Å². The molecule has 0 aliphatic carbocycles. The standard InChI is InChI=1S/C27H34BrN3O3S/c1-2-3-4-11-18-34-24-15-14-20(19-22(24)28)25(32)30-27(35)29-23-13-8-7-12-21(23)26(33)31-16-9-5-6-10-17-31/h7-8,12-15,19H,2-6,9-11,16-18H2,1H3,(H2,29,30,32,35). The summed E-state index contributed by atoms with van der Waals surface area (Å²) in [5.41, 5.74) is 1.59. The van der Waals surface area contributed by atoms with E-state index in [1.54, 1.807) is 30.3 Å². The van der Waals surface area contributed by atoms with Gasteiger partial charge in [-0.1, -0.05) is 51.2 Å². The highest BCUT2D eigenvalue weighted by Crippen LogP contribution is 2.26. The van der Waals surface area contributed by atoms with Crippen molar-refractivity contribution >= 4 is 50.8 Å². The lowest BCUT2D eigenvalue weighted by molar-refractivity contribution is 0.0762. The number of carbonyl (C=O) groups excluding carboxylic acids is 2. The van der Waals surface area contributed by atoms with E-state index in [2.05, 4.69) is 33.5 Å². The van der Waals surface area contributed by atoms with Crippen molar-refractivity contribution in [2.24, 2.45) is 0 Å². The van der Waals surface area contributed by atoms with E-state index in [0.29, 0.717) is 33.6 Å². The zero-order valence-electron chi connectivity index (χ0n) is 20.3. The molecule has 1 aliphatic heterocycles. The molecule has 3 rings (SSSR count). The van der Waals surface area contributed by atoms with Crippen LogP contribution < -0.4 is 15.4 Å². The summed E-state index contributed by atoms with van der Waals surface area (Å²) >= 11 is 8.87. The van der Waals surface area contributed by atoms with Gasteiger partial charge in [-0.3, -0.25) is 14.9 Å². The second-order valence-corrected chi connectivity index (χ2v) is 9.98. The summed E-state index contributed by atoms with van der Waals surface area (Å²) in [6.45, 7) is 4.36. The molecule has 0 atom stereocenters. The fourth-order valence-electron chi connectivity index (χ4n) is 4.02. The SMILES string of the molecule is CCCCCCOc1ccc(C(=O)NC(=S)Nc2ccccc2C(=O)N2CCCCCC2)cc1Br. The van der Waals surface area contributed by atoms with E-state index < -0.39 is 0 Å². The van der Waals surface area contributed by atoms with Gasteiger partial charge in [-0.15, -0.1) is 0 Å². The average molecular weight is 561 g/mol. The largest absolute Gasteiger partial charge is 0.492 e. The summed E-state index contributed by atoms with van der Waals surface area (Å²) in [7, 11) is 0. The highest BCUT2D eigenvalue weighted by Gasteiger charge is 2.20. The quantitative estimate of drug-likeness (QED) is 0.269. The van der Waals surface area contributed by atoms with Crippen molar-refractivity contribution in [2.75, 3.05) is 25.0 Å². The first kappa shape index (κ1) is 27.1. The van der Waals surface area contributed by atoms with E-state index in [-0.39, 0.29) is 16.9 Å². The van der Waals surface area contributed by atoms with Crippen LogP contribution in [-0.4, -0.2) is 41.5 Å². The van der Waals surface area contributed by atoms with Crippen LogP contribution in [0, 0.1) is 0 Å². The molecule has 2 aromatic carbocycles. The second kappa shape index (κ2) is 14.2. The molecule has 6 nitrogen and oxygen atoms in total. The van der Waals surface area contributed by atoms with Gasteiger partial charge in [0.05, 0.1) is 22.3 Å². The maximum Gasteiger partial charge on any atom is 0.257 e. The van der Waals surface area contributed by atoms with Gasteiger partial charge in [0, 0.05) is 18.7 Å². The van der Waals surface area contributed by atoms with Gasteiger partial charge in [-0.25, -0.2) is 0 Å². The number of ether oxygens (including phenoxy) is 1. The lowest BCUT2D eigenvalue weighted by Crippen LogP contribution is -2.36. The Labute approximate surface area is 221 Å². The number of benzene rings is 2. The third kappa shape index (κ3) is 8.32. The molecule has 8 heteroatoms. The van der Waals surface area contributed by atoms with Crippen molar-refractivity contribution < 1.29 is 14.3 Å². The number of nitrogens with one attached hydrogen (secondary N) is 2. The molecule has 1 heterocycles. The normalized spacial score (nSPS) is 13.6. The summed E-state index contributed by atoms with van der Waals surface area (Å²) in [4.78, 5) is 27.8. The van der Waals surface area contributed by atoms with Gasteiger partial charge < -0.3 is 15.0 Å². The molecule has 0 radical (unpaired) electrons.